The lowest BCUT2D eigenvalue weighted by molar-refractivity contribution is -0.120. The van der Waals surface area contributed by atoms with Crippen LogP contribution < -0.4 is 11.0 Å². The molecule has 0 fully saturated rings. The Morgan fingerprint density at radius 3 is 2.67 bits per heavy atom. The average Bonchev–Trinajstić information content (AvgIpc) is 2.40. The Balaban J connectivity index is 2.60. The van der Waals surface area contributed by atoms with Gasteiger partial charge in [-0.15, -0.1) is 0 Å². The summed E-state index contributed by atoms with van der Waals surface area (Å²) >= 11 is 0. The quantitative estimate of drug-likeness (QED) is 0.662. The summed E-state index contributed by atoms with van der Waals surface area (Å²) in [6.45, 7) is 6.30. The number of aromatic nitrogens is 2. The molecule has 0 spiro atoms. The molecule has 0 radical (unpaired) electrons. The summed E-state index contributed by atoms with van der Waals surface area (Å²) in [5, 5.41) is 11.9. The first-order chi connectivity index (χ1) is 9.97. The minimum absolute atomic E-state index is 0.0888. The van der Waals surface area contributed by atoms with Gasteiger partial charge < -0.3 is 15.4 Å². The van der Waals surface area contributed by atoms with Crippen LogP contribution in [0.25, 0.3) is 0 Å². The Labute approximate surface area is 125 Å². The highest BCUT2D eigenvalue weighted by Gasteiger charge is 2.13. The standard InChI is InChI=1S/C15H25N3O3/c1-4-5-12(6-7-19)9-16-14(20)8-13-10(2)17-15(21)18-11(13)3/h12,19H,4-9H2,1-3H3,(H,16,20)(H,17,18,21). The summed E-state index contributed by atoms with van der Waals surface area (Å²) in [6, 6.07) is 0. The smallest absolute Gasteiger partial charge is 0.345 e. The van der Waals surface area contributed by atoms with E-state index in [9.17, 15) is 9.59 Å². The summed E-state index contributed by atoms with van der Waals surface area (Å²) in [6.07, 6.45) is 2.92. The van der Waals surface area contributed by atoms with E-state index < -0.39 is 0 Å². The maximum absolute atomic E-state index is 12.0. The maximum Gasteiger partial charge on any atom is 0.345 e. The van der Waals surface area contributed by atoms with E-state index in [0.717, 1.165) is 18.4 Å². The van der Waals surface area contributed by atoms with Gasteiger partial charge in [0.05, 0.1) is 6.42 Å². The zero-order chi connectivity index (χ0) is 15.8. The van der Waals surface area contributed by atoms with Crippen molar-refractivity contribution in [1.82, 2.24) is 15.3 Å². The van der Waals surface area contributed by atoms with Crippen molar-refractivity contribution in [2.45, 2.75) is 46.5 Å². The van der Waals surface area contributed by atoms with Gasteiger partial charge in [0, 0.05) is 30.1 Å². The Hall–Kier alpha value is -1.69. The van der Waals surface area contributed by atoms with E-state index in [4.69, 9.17) is 5.11 Å². The number of aliphatic hydroxyl groups is 1. The van der Waals surface area contributed by atoms with Crippen LogP contribution in [-0.2, 0) is 11.2 Å². The minimum atomic E-state index is -0.389. The normalized spacial score (nSPS) is 12.2. The highest BCUT2D eigenvalue weighted by atomic mass is 16.3. The van der Waals surface area contributed by atoms with E-state index in [0.29, 0.717) is 30.3 Å². The molecule has 0 saturated carbocycles. The molecule has 21 heavy (non-hydrogen) atoms. The summed E-state index contributed by atoms with van der Waals surface area (Å²) in [7, 11) is 0. The molecule has 1 amide bonds. The fourth-order valence-corrected chi connectivity index (χ4v) is 2.44. The number of carbonyl (C=O) groups excluding carboxylic acids is 1. The molecule has 0 saturated heterocycles. The van der Waals surface area contributed by atoms with Gasteiger partial charge in [-0.25, -0.2) is 4.79 Å². The highest BCUT2D eigenvalue weighted by Crippen LogP contribution is 2.10. The van der Waals surface area contributed by atoms with Crippen molar-refractivity contribution in [3.05, 3.63) is 27.4 Å². The predicted molar refractivity (Wildman–Crippen MR) is 81.1 cm³/mol. The number of nitrogens with zero attached hydrogens (tertiary/aromatic N) is 1. The SMILES string of the molecule is CCCC(CCO)CNC(=O)Cc1c(C)nc(=O)[nH]c1C. The van der Waals surface area contributed by atoms with Crippen molar-refractivity contribution < 1.29 is 9.90 Å². The van der Waals surface area contributed by atoms with Crippen LogP contribution in [0.3, 0.4) is 0 Å². The van der Waals surface area contributed by atoms with Gasteiger partial charge in [0.15, 0.2) is 0 Å². The Morgan fingerprint density at radius 2 is 2.10 bits per heavy atom. The largest absolute Gasteiger partial charge is 0.396 e. The third-order valence-corrected chi connectivity index (χ3v) is 3.61. The van der Waals surface area contributed by atoms with Gasteiger partial charge in [0.1, 0.15) is 0 Å². The van der Waals surface area contributed by atoms with Crippen LogP contribution in [0.15, 0.2) is 4.79 Å². The number of aryl methyl sites for hydroxylation is 2. The number of hydrogen-bond donors (Lipinski definition) is 3. The van der Waals surface area contributed by atoms with Crippen LogP contribution in [-0.4, -0.2) is 34.1 Å². The number of H-pyrrole nitrogens is 1. The van der Waals surface area contributed by atoms with Crippen LogP contribution in [0.2, 0.25) is 0 Å². The number of aliphatic hydroxyl groups excluding tert-OH is 1. The fraction of sp³-hybridized carbons (Fsp3) is 0.667. The van der Waals surface area contributed by atoms with Gasteiger partial charge in [-0.3, -0.25) is 4.79 Å². The Bertz CT molecular complexity index is 493. The number of carbonyl (C=O) groups is 1. The second-order valence-electron chi connectivity index (χ2n) is 5.38. The molecular formula is C15H25N3O3. The molecule has 3 N–H and O–H groups in total. The summed E-state index contributed by atoms with van der Waals surface area (Å²) < 4.78 is 0. The first kappa shape index (κ1) is 17.4. The van der Waals surface area contributed by atoms with E-state index in [-0.39, 0.29) is 24.6 Å². The molecule has 1 rings (SSSR count). The first-order valence-corrected chi connectivity index (χ1v) is 7.41. The molecule has 1 heterocycles. The van der Waals surface area contributed by atoms with Crippen molar-refractivity contribution in [3.63, 3.8) is 0 Å². The van der Waals surface area contributed by atoms with Crippen LogP contribution in [0, 0.1) is 19.8 Å². The van der Waals surface area contributed by atoms with Crippen LogP contribution >= 0.6 is 0 Å². The van der Waals surface area contributed by atoms with Crippen molar-refractivity contribution in [1.29, 1.82) is 0 Å². The number of amides is 1. The van der Waals surface area contributed by atoms with Gasteiger partial charge >= 0.3 is 5.69 Å². The Kier molecular flexibility index (Phi) is 7.08. The van der Waals surface area contributed by atoms with E-state index in [1.165, 1.54) is 0 Å². The predicted octanol–water partition coefficient (Wildman–Crippen LogP) is 0.844. The third kappa shape index (κ3) is 5.67. The lowest BCUT2D eigenvalue weighted by Crippen LogP contribution is -2.32. The molecular weight excluding hydrogens is 270 g/mol. The molecule has 1 aromatic rings. The van der Waals surface area contributed by atoms with E-state index in [1.807, 2.05) is 0 Å². The van der Waals surface area contributed by atoms with Crippen LogP contribution in [0.4, 0.5) is 0 Å². The third-order valence-electron chi connectivity index (χ3n) is 3.61. The maximum atomic E-state index is 12.0. The number of hydrogen-bond acceptors (Lipinski definition) is 4. The van der Waals surface area contributed by atoms with Gasteiger partial charge in [0.25, 0.3) is 0 Å². The van der Waals surface area contributed by atoms with E-state index in [2.05, 4.69) is 22.2 Å². The van der Waals surface area contributed by atoms with E-state index >= 15 is 0 Å². The Morgan fingerprint density at radius 1 is 1.38 bits per heavy atom. The van der Waals surface area contributed by atoms with Crippen molar-refractivity contribution >= 4 is 5.91 Å². The molecule has 0 aliphatic rings. The van der Waals surface area contributed by atoms with Gasteiger partial charge in [-0.2, -0.15) is 4.98 Å². The topological polar surface area (TPSA) is 95.1 Å². The van der Waals surface area contributed by atoms with Crippen LogP contribution in [0.5, 0.6) is 0 Å². The first-order valence-electron chi connectivity index (χ1n) is 7.41. The van der Waals surface area contributed by atoms with Crippen molar-refractivity contribution in [2.24, 2.45) is 5.92 Å². The molecule has 118 valence electrons. The highest BCUT2D eigenvalue weighted by molar-refractivity contribution is 5.79. The average molecular weight is 295 g/mol. The number of rotatable bonds is 8. The molecule has 6 nitrogen and oxygen atoms in total. The van der Waals surface area contributed by atoms with Gasteiger partial charge in [-0.05, 0) is 32.6 Å². The summed E-state index contributed by atoms with van der Waals surface area (Å²) in [5.41, 5.74) is 1.65. The van der Waals surface area contributed by atoms with Crippen molar-refractivity contribution in [3.8, 4) is 0 Å². The summed E-state index contributed by atoms with van der Waals surface area (Å²) in [4.78, 5) is 29.7. The zero-order valence-corrected chi connectivity index (χ0v) is 13.0. The van der Waals surface area contributed by atoms with Crippen LogP contribution in [0.1, 0.15) is 43.1 Å². The van der Waals surface area contributed by atoms with Gasteiger partial charge in [0.2, 0.25) is 5.91 Å². The second-order valence-corrected chi connectivity index (χ2v) is 5.38. The number of aromatic amines is 1. The zero-order valence-electron chi connectivity index (χ0n) is 13.0. The van der Waals surface area contributed by atoms with Crippen molar-refractivity contribution in [2.75, 3.05) is 13.2 Å². The molecule has 6 heteroatoms. The summed E-state index contributed by atoms with van der Waals surface area (Å²) in [5.74, 6) is 0.217. The number of nitrogens with one attached hydrogen (secondary N) is 2. The second kappa shape index (κ2) is 8.56. The molecule has 0 aliphatic heterocycles. The molecule has 1 atom stereocenters. The lowest BCUT2D eigenvalue weighted by atomic mass is 10.00. The fourth-order valence-electron chi connectivity index (χ4n) is 2.44. The minimum Gasteiger partial charge on any atom is -0.396 e. The van der Waals surface area contributed by atoms with Gasteiger partial charge in [-0.1, -0.05) is 13.3 Å². The molecule has 0 aromatic carbocycles. The lowest BCUT2D eigenvalue weighted by Gasteiger charge is -2.16. The monoisotopic (exact) mass is 295 g/mol. The molecule has 1 aromatic heterocycles. The molecule has 0 aliphatic carbocycles. The van der Waals surface area contributed by atoms with E-state index in [1.54, 1.807) is 13.8 Å². The molecule has 1 unspecified atom stereocenters. The molecule has 0 bridgehead atoms.